The number of amides is 3. The van der Waals surface area contributed by atoms with Gasteiger partial charge in [-0.15, -0.1) is 0 Å². The first kappa shape index (κ1) is 48.9. The first-order valence-corrected chi connectivity index (χ1v) is 27.5. The van der Waals surface area contributed by atoms with Gasteiger partial charge in [0.25, 0.3) is 0 Å². The predicted octanol–water partition coefficient (Wildman–Crippen LogP) is 10.2. The summed E-state index contributed by atoms with van der Waals surface area (Å²) in [5.74, 6) is -0.764. The van der Waals surface area contributed by atoms with E-state index in [4.69, 9.17) is 31.0 Å². The highest BCUT2D eigenvalue weighted by Crippen LogP contribution is 2.54. The number of nitrogens with one attached hydrogen (secondary N) is 1. The van der Waals surface area contributed by atoms with Gasteiger partial charge >= 0.3 is 12.0 Å². The number of phenols is 1. The topological polar surface area (TPSA) is 141 Å². The quantitative estimate of drug-likeness (QED) is 0.128. The summed E-state index contributed by atoms with van der Waals surface area (Å²) in [4.78, 5) is 43.0. The number of aryl methyl sites for hydroxylation is 2. The fourth-order valence-electron chi connectivity index (χ4n) is 13.9. The number of nitrogens with zero attached hydrogens (tertiary/aromatic N) is 8. The average molecular weight is 1050 g/mol. The molecular weight excluding hydrogens is 983 g/mol. The number of imide groups is 1. The number of piperidine rings is 3. The molecule has 75 heavy (non-hydrogen) atoms. The normalized spacial score (nSPS) is 23.4. The molecule has 18 heteroatoms. The van der Waals surface area contributed by atoms with Gasteiger partial charge in [0.1, 0.15) is 28.7 Å². The van der Waals surface area contributed by atoms with Crippen LogP contribution < -0.4 is 19.9 Å². The molecule has 13 rings (SSSR count). The largest absolute Gasteiger partial charge is 0.508 e. The van der Waals surface area contributed by atoms with Crippen molar-refractivity contribution in [3.63, 3.8) is 0 Å². The van der Waals surface area contributed by atoms with Crippen molar-refractivity contribution in [2.75, 3.05) is 75.4 Å². The second-order valence-electron chi connectivity index (χ2n) is 23.1. The van der Waals surface area contributed by atoms with Gasteiger partial charge in [0.2, 0.25) is 5.91 Å². The number of anilines is 2. The molecule has 2 aromatic heterocycles. The third-order valence-corrected chi connectivity index (χ3v) is 18.7. The van der Waals surface area contributed by atoms with Crippen molar-refractivity contribution >= 4 is 67.8 Å². The number of hydrogen-bond acceptors (Lipinski definition) is 11. The maximum Gasteiger partial charge on any atom is 0.329 e. The van der Waals surface area contributed by atoms with Crippen LogP contribution in [0.1, 0.15) is 101 Å². The molecule has 7 fully saturated rings. The molecule has 2 N–H and O–H groups in total. The molecule has 2 aliphatic carbocycles. The van der Waals surface area contributed by atoms with Gasteiger partial charge in [-0.1, -0.05) is 24.6 Å². The number of benzene rings is 4. The summed E-state index contributed by atoms with van der Waals surface area (Å²) in [5, 5.41) is 20.0. The highest BCUT2D eigenvalue weighted by atomic mass is 35.5. The molecule has 4 aromatic carbocycles. The lowest BCUT2D eigenvalue weighted by Gasteiger charge is -2.56. The lowest BCUT2D eigenvalue weighted by Crippen LogP contribution is -2.56. The molecule has 7 heterocycles. The molecule has 0 unspecified atom stereocenters. The van der Waals surface area contributed by atoms with E-state index < -0.39 is 17.7 Å². The van der Waals surface area contributed by atoms with E-state index >= 15 is 13.2 Å². The van der Waals surface area contributed by atoms with E-state index in [2.05, 4.69) is 25.1 Å². The number of phenolic OH excluding ortho intramolecular Hbond substituents is 1. The van der Waals surface area contributed by atoms with Crippen LogP contribution in [0.5, 0.6) is 11.8 Å². The molecule has 0 radical (unpaired) electrons. The van der Waals surface area contributed by atoms with E-state index in [0.717, 1.165) is 96.0 Å². The number of rotatable bonds is 11. The van der Waals surface area contributed by atoms with Crippen molar-refractivity contribution in [2.45, 2.75) is 108 Å². The predicted molar refractivity (Wildman–Crippen MR) is 281 cm³/mol. The number of fused-ring (bicyclic) bond motifs is 3. The zero-order chi connectivity index (χ0) is 51.5. The van der Waals surface area contributed by atoms with E-state index in [1.807, 2.05) is 13.0 Å². The standard InChI is InChI=1S/C57H63ClF3N9O5/c1-3-37-43(59)6-5-34-23-36(71)24-40(47(34)37)48-42(58)25-41-50(49(48)61)63-53(64-51(41)69-16-4-10-57(31-69)15-22-75-57)74-32-56(11-12-56)30-67-20-13-55(14-21-67)28-35(29-55)68-17-7-33(8-18-68)38-27-45-39(26-44(38)60)52(65-66(45)2)70-19-9-46(72)62-54(70)73/h5-6,23-27,33,35,71H,3-4,7-22,28-32H2,1-2H3,(H,62,72,73)/t57-/m0/s1. The number of carbonyl (C=O) groups excluding carboxylic acids is 2. The molecule has 5 aliphatic heterocycles. The van der Waals surface area contributed by atoms with Crippen LogP contribution in [0.2, 0.25) is 5.02 Å². The van der Waals surface area contributed by atoms with Crippen LogP contribution in [0.4, 0.5) is 29.6 Å². The molecule has 2 spiro atoms. The van der Waals surface area contributed by atoms with Crippen molar-refractivity contribution in [1.29, 1.82) is 0 Å². The van der Waals surface area contributed by atoms with Gasteiger partial charge in [0, 0.05) is 73.9 Å². The number of carbonyl (C=O) groups is 2. The maximum atomic E-state index is 17.5. The number of halogens is 4. The molecule has 6 aromatic rings. The monoisotopic (exact) mass is 1050 g/mol. The number of hydrogen-bond donors (Lipinski definition) is 2. The Balaban J connectivity index is 0.665. The molecule has 0 bridgehead atoms. The van der Waals surface area contributed by atoms with Gasteiger partial charge in [-0.3, -0.25) is 19.7 Å². The van der Waals surface area contributed by atoms with E-state index in [1.165, 1.54) is 35.9 Å². The zero-order valence-electron chi connectivity index (χ0n) is 42.6. The van der Waals surface area contributed by atoms with Gasteiger partial charge in [-0.25, -0.2) is 18.0 Å². The molecule has 394 valence electrons. The minimum absolute atomic E-state index is 0.0404. The van der Waals surface area contributed by atoms with Crippen LogP contribution in [0.25, 0.3) is 43.7 Å². The summed E-state index contributed by atoms with van der Waals surface area (Å²) in [6, 6.07) is 11.2. The van der Waals surface area contributed by atoms with Crippen molar-refractivity contribution in [1.82, 2.24) is 34.9 Å². The van der Waals surface area contributed by atoms with E-state index in [1.54, 1.807) is 29.9 Å². The summed E-state index contributed by atoms with van der Waals surface area (Å²) in [6.45, 7) is 9.34. The first-order chi connectivity index (χ1) is 36.2. The van der Waals surface area contributed by atoms with Crippen LogP contribution >= 0.6 is 11.6 Å². The maximum absolute atomic E-state index is 17.5. The third-order valence-electron chi connectivity index (χ3n) is 18.4. The number of urea groups is 1. The summed E-state index contributed by atoms with van der Waals surface area (Å²) < 4.78 is 63.1. The van der Waals surface area contributed by atoms with Gasteiger partial charge in [0.15, 0.2) is 11.6 Å². The van der Waals surface area contributed by atoms with Gasteiger partial charge in [-0.2, -0.15) is 15.1 Å². The van der Waals surface area contributed by atoms with Crippen molar-refractivity contribution in [3.8, 4) is 22.9 Å². The van der Waals surface area contributed by atoms with Gasteiger partial charge < -0.3 is 29.3 Å². The molecule has 3 amide bonds. The molecule has 1 atom stereocenters. The van der Waals surface area contributed by atoms with Crippen LogP contribution in [0.3, 0.4) is 0 Å². The van der Waals surface area contributed by atoms with E-state index in [0.29, 0.717) is 94.1 Å². The fraction of sp³-hybridized carbons (Fsp3) is 0.526. The highest BCUT2D eigenvalue weighted by molar-refractivity contribution is 6.35. The van der Waals surface area contributed by atoms with Crippen LogP contribution in [-0.2, 0) is 23.0 Å². The van der Waals surface area contributed by atoms with Crippen molar-refractivity contribution < 1.29 is 37.3 Å². The molecule has 5 saturated heterocycles. The Morgan fingerprint density at radius 1 is 0.893 bits per heavy atom. The van der Waals surface area contributed by atoms with E-state index in [-0.39, 0.29) is 69.5 Å². The summed E-state index contributed by atoms with van der Waals surface area (Å²) in [5.41, 5.74) is 2.31. The van der Waals surface area contributed by atoms with Gasteiger partial charge in [-0.05, 0) is 172 Å². The Morgan fingerprint density at radius 3 is 2.40 bits per heavy atom. The van der Waals surface area contributed by atoms with Crippen molar-refractivity contribution in [2.24, 2.45) is 17.9 Å². The van der Waals surface area contributed by atoms with Crippen LogP contribution in [-0.4, -0.2) is 124 Å². The lowest BCUT2D eigenvalue weighted by atomic mass is 9.59. The number of ether oxygens (including phenoxy) is 2. The summed E-state index contributed by atoms with van der Waals surface area (Å²) in [6.07, 6.45) is 11.8. The second-order valence-corrected chi connectivity index (χ2v) is 23.5. The number of aromatic hydroxyl groups is 1. The molecular formula is C57H63ClF3N9O5. The van der Waals surface area contributed by atoms with E-state index in [9.17, 15) is 14.7 Å². The number of aromatic nitrogens is 4. The Morgan fingerprint density at radius 2 is 1.68 bits per heavy atom. The Kier molecular flexibility index (Phi) is 12.0. The Bertz CT molecular complexity index is 3300. The zero-order valence-corrected chi connectivity index (χ0v) is 43.4. The SMILES string of the molecule is CCc1c(F)ccc2cc(O)cc(-c3c(Cl)cc4c(N5CCC[C@]6(CCO6)C5)nc(OCC5(CN6CCC7(CC6)CC(N6CCC(c8cc9c(cc8F)c(N8CCC(=O)NC8=O)nn9C)CC6)C7)CC5)nc4c3F)c12. The van der Waals surface area contributed by atoms with Gasteiger partial charge in [0.05, 0.1) is 29.4 Å². The summed E-state index contributed by atoms with van der Waals surface area (Å²) in [7, 11) is 1.80. The second kappa shape index (κ2) is 18.5. The fourth-order valence-corrected chi connectivity index (χ4v) is 14.2. The van der Waals surface area contributed by atoms with Crippen molar-refractivity contribution in [3.05, 3.63) is 76.1 Å². The smallest absolute Gasteiger partial charge is 0.329 e. The highest BCUT2D eigenvalue weighted by Gasteiger charge is 2.51. The number of likely N-dealkylation sites (tertiary alicyclic amines) is 2. The molecule has 7 aliphatic rings. The Labute approximate surface area is 438 Å². The minimum Gasteiger partial charge on any atom is -0.508 e. The first-order valence-electron chi connectivity index (χ1n) is 27.1. The lowest BCUT2D eigenvalue weighted by molar-refractivity contribution is -0.151. The van der Waals surface area contributed by atoms with Crippen LogP contribution in [0, 0.1) is 28.3 Å². The third kappa shape index (κ3) is 8.64. The molecule has 2 saturated carbocycles. The summed E-state index contributed by atoms with van der Waals surface area (Å²) >= 11 is 7.06. The Hall–Kier alpha value is -5.75. The molecule has 14 nitrogen and oxygen atoms in total. The minimum atomic E-state index is -0.681. The van der Waals surface area contributed by atoms with Crippen LogP contribution in [0.15, 0.2) is 42.5 Å². The average Bonchev–Trinajstić information content (AvgIpc) is 4.08.